The molecule has 0 aliphatic rings. The monoisotopic (exact) mass is 194 g/mol. The Balaban J connectivity index is 3.12. The Kier molecular flexibility index (Phi) is 1.74. The predicted molar refractivity (Wildman–Crippen MR) is 48.0 cm³/mol. The van der Waals surface area contributed by atoms with E-state index < -0.39 is 11.3 Å². The minimum Gasteiger partial charge on any atom is -0.287 e. The van der Waals surface area contributed by atoms with Crippen LogP contribution in [0.5, 0.6) is 0 Å². The Labute approximate surface area is 76.7 Å². The lowest BCUT2D eigenvalue weighted by Crippen LogP contribution is -2.14. The Bertz CT molecular complexity index is 532. The number of nitrogen functional groups attached to an aromatic ring is 1. The molecule has 2 N–H and O–H groups in total. The fourth-order valence-electron chi connectivity index (χ4n) is 1.03. The highest BCUT2D eigenvalue weighted by Gasteiger charge is 1.97. The van der Waals surface area contributed by atoms with E-state index in [1.54, 1.807) is 0 Å². The molecule has 0 radical (unpaired) electrons. The summed E-state index contributed by atoms with van der Waals surface area (Å²) in [5, 5.41) is 0.829. The zero-order valence-electron chi connectivity index (χ0n) is 6.97. The van der Waals surface area contributed by atoms with Gasteiger partial charge in [-0.25, -0.2) is 9.59 Å². The van der Waals surface area contributed by atoms with Gasteiger partial charge in [-0.1, -0.05) is 0 Å². The Morgan fingerprint density at radius 2 is 1.29 bits per heavy atom. The summed E-state index contributed by atoms with van der Waals surface area (Å²) < 4.78 is 8.90. The van der Waals surface area contributed by atoms with Crippen molar-refractivity contribution >= 4 is 10.8 Å². The molecule has 0 spiro atoms. The maximum atomic E-state index is 11.2. The van der Waals surface area contributed by atoms with Crippen LogP contribution in [0.2, 0.25) is 0 Å². The van der Waals surface area contributed by atoms with Crippen molar-refractivity contribution < 1.29 is 9.05 Å². The lowest BCUT2D eigenvalue weighted by atomic mass is 10.2. The second-order valence-electron chi connectivity index (χ2n) is 2.62. The molecule has 6 heteroatoms. The average Bonchev–Trinajstić information content (AvgIpc) is 2.23. The molecular formula is C8H6N2O4. The standard InChI is InChI=1S/C8H6N2O4/c9-10-13-7(11)5-1-2-6(4-3-5)8(12)14-10/h1-4H,9H2. The van der Waals surface area contributed by atoms with Gasteiger partial charge in [-0.3, -0.25) is 14.9 Å². The van der Waals surface area contributed by atoms with Crippen LogP contribution >= 0.6 is 0 Å². The molecule has 0 aliphatic carbocycles. The van der Waals surface area contributed by atoms with Gasteiger partial charge in [0.25, 0.3) is 0 Å². The average molecular weight is 194 g/mol. The maximum absolute atomic E-state index is 11.2. The van der Waals surface area contributed by atoms with Crippen LogP contribution in [0.4, 0.5) is 0 Å². The van der Waals surface area contributed by atoms with Gasteiger partial charge in [-0.15, -0.1) is 0 Å². The topological polar surface area (TPSA) is 91.4 Å². The third kappa shape index (κ3) is 1.33. The third-order valence-electron chi connectivity index (χ3n) is 1.70. The van der Waals surface area contributed by atoms with Crippen LogP contribution in [0.1, 0.15) is 0 Å². The summed E-state index contributed by atoms with van der Waals surface area (Å²) in [6, 6.07) is 5.83. The van der Waals surface area contributed by atoms with E-state index in [-0.39, 0.29) is 5.02 Å². The predicted octanol–water partition coefficient (Wildman–Crippen LogP) is -0.176. The van der Waals surface area contributed by atoms with Crippen molar-refractivity contribution in [2.75, 3.05) is 5.84 Å². The van der Waals surface area contributed by atoms with E-state index in [0.29, 0.717) is 10.8 Å². The highest BCUT2D eigenvalue weighted by Crippen LogP contribution is 1.98. The molecule has 0 fully saturated rings. The molecule has 3 rings (SSSR count). The van der Waals surface area contributed by atoms with Crippen LogP contribution in [0.15, 0.2) is 42.9 Å². The number of hydrogen-bond acceptors (Lipinski definition) is 5. The van der Waals surface area contributed by atoms with E-state index in [4.69, 9.17) is 5.84 Å². The van der Waals surface area contributed by atoms with E-state index in [0.717, 1.165) is 0 Å². The van der Waals surface area contributed by atoms with Gasteiger partial charge in [0.15, 0.2) is 0 Å². The smallest absolute Gasteiger partial charge is 0.287 e. The fraction of sp³-hybridized carbons (Fsp3) is 0. The highest BCUT2D eigenvalue weighted by molar-refractivity contribution is 5.60. The Morgan fingerprint density at radius 3 is 1.64 bits per heavy atom. The highest BCUT2D eigenvalue weighted by atomic mass is 16.7. The Morgan fingerprint density at radius 1 is 0.929 bits per heavy atom. The van der Waals surface area contributed by atoms with Crippen LogP contribution in [0.3, 0.4) is 0 Å². The first-order valence-electron chi connectivity index (χ1n) is 3.76. The molecule has 72 valence electrons. The van der Waals surface area contributed by atoms with E-state index in [1.165, 1.54) is 24.3 Å². The summed E-state index contributed by atoms with van der Waals surface area (Å²) in [5.74, 6) is 5.07. The van der Waals surface area contributed by atoms with Crippen molar-refractivity contribution in [3.8, 4) is 0 Å². The summed E-state index contributed by atoms with van der Waals surface area (Å²) in [6.45, 7) is 0. The van der Waals surface area contributed by atoms with E-state index in [9.17, 15) is 9.59 Å². The molecule has 0 saturated carbocycles. The minimum absolute atomic E-state index is 0.241. The van der Waals surface area contributed by atoms with Gasteiger partial charge in [0.1, 0.15) is 0 Å². The molecule has 0 unspecified atom stereocenters. The van der Waals surface area contributed by atoms with Crippen molar-refractivity contribution in [2.45, 2.75) is 0 Å². The van der Waals surface area contributed by atoms with E-state index >= 15 is 0 Å². The van der Waals surface area contributed by atoms with Gasteiger partial charge >= 0.3 is 11.3 Å². The first-order valence-corrected chi connectivity index (χ1v) is 3.76. The number of aromatic nitrogens is 1. The van der Waals surface area contributed by atoms with Crippen molar-refractivity contribution in [1.82, 2.24) is 5.02 Å². The Hall–Kier alpha value is -2.24. The SMILES string of the molecule is Nn1oc(=O)c2ccc(cc2)c(=O)o1. The summed E-state index contributed by atoms with van der Waals surface area (Å²) in [4.78, 5) is 22.4. The molecule has 0 amide bonds. The second kappa shape index (κ2) is 2.91. The van der Waals surface area contributed by atoms with Crippen molar-refractivity contribution in [3.63, 3.8) is 0 Å². The zero-order chi connectivity index (χ0) is 10.1. The van der Waals surface area contributed by atoms with Gasteiger partial charge in [-0.2, -0.15) is 0 Å². The van der Waals surface area contributed by atoms with Crippen molar-refractivity contribution in [3.05, 3.63) is 45.1 Å². The van der Waals surface area contributed by atoms with Crippen molar-refractivity contribution in [2.24, 2.45) is 0 Å². The number of hydrogen-bond donors (Lipinski definition) is 1. The normalized spacial score (nSPS) is 10.3. The summed E-state index contributed by atoms with van der Waals surface area (Å²) >= 11 is 0. The molecule has 0 aliphatic heterocycles. The van der Waals surface area contributed by atoms with Crippen LogP contribution in [-0.4, -0.2) is 5.02 Å². The van der Waals surface area contributed by atoms with E-state index in [2.05, 4.69) is 9.05 Å². The molecule has 14 heavy (non-hydrogen) atoms. The van der Waals surface area contributed by atoms with Gasteiger partial charge in [0.2, 0.25) is 0 Å². The second-order valence-corrected chi connectivity index (χ2v) is 2.62. The molecule has 0 atom stereocenters. The zero-order valence-corrected chi connectivity index (χ0v) is 6.97. The van der Waals surface area contributed by atoms with Crippen LogP contribution in [0, 0.1) is 0 Å². The molecule has 3 aromatic rings. The molecule has 0 saturated heterocycles. The number of benzene rings is 1. The lowest BCUT2D eigenvalue weighted by Gasteiger charge is -1.83. The summed E-state index contributed by atoms with van der Waals surface area (Å²) in [7, 11) is 0. The number of rotatable bonds is 0. The summed E-state index contributed by atoms with van der Waals surface area (Å²) in [5.41, 5.74) is -1.37. The fourth-order valence-corrected chi connectivity index (χ4v) is 1.03. The minimum atomic E-state index is -0.686. The number of nitrogens with two attached hydrogens (primary N) is 1. The van der Waals surface area contributed by atoms with Crippen LogP contribution < -0.4 is 17.1 Å². The maximum Gasteiger partial charge on any atom is 0.368 e. The van der Waals surface area contributed by atoms with Crippen molar-refractivity contribution in [1.29, 1.82) is 0 Å². The molecule has 2 heterocycles. The quantitative estimate of drug-likeness (QED) is 0.587. The first-order chi connectivity index (χ1) is 6.66. The molecule has 2 bridgehead atoms. The van der Waals surface area contributed by atoms with Gasteiger partial charge in [0.05, 0.1) is 10.8 Å². The molecule has 1 aromatic carbocycles. The van der Waals surface area contributed by atoms with Crippen LogP contribution in [0.25, 0.3) is 10.8 Å². The molecule has 6 nitrogen and oxygen atoms in total. The largest absolute Gasteiger partial charge is 0.368 e. The summed E-state index contributed by atoms with van der Waals surface area (Å²) in [6.07, 6.45) is 0. The molecule has 2 aromatic heterocycles. The lowest BCUT2D eigenvalue weighted by molar-refractivity contribution is 0.0790. The molecular weight excluding hydrogens is 188 g/mol. The van der Waals surface area contributed by atoms with E-state index in [1.807, 2.05) is 0 Å². The van der Waals surface area contributed by atoms with Crippen LogP contribution in [-0.2, 0) is 0 Å². The number of fused-ring (bicyclic) bond motifs is 6. The van der Waals surface area contributed by atoms with Gasteiger partial charge in [0, 0.05) is 5.02 Å². The number of nitrogens with zero attached hydrogens (tertiary/aromatic N) is 1. The van der Waals surface area contributed by atoms with Gasteiger partial charge < -0.3 is 0 Å². The third-order valence-corrected chi connectivity index (χ3v) is 1.70. The van der Waals surface area contributed by atoms with Gasteiger partial charge in [-0.05, 0) is 24.3 Å². The first kappa shape index (κ1) is 8.36.